The SMILES string of the molecule is O=C(/C=C/c1ccccc1)N[C@H](Cn1nccn1)c1ccccc1. The first-order chi connectivity index (χ1) is 11.8. The van der Waals surface area contributed by atoms with Crippen molar-refractivity contribution in [3.8, 4) is 0 Å². The Morgan fingerprint density at radius 3 is 2.29 bits per heavy atom. The van der Waals surface area contributed by atoms with Crippen molar-refractivity contribution < 1.29 is 4.79 Å². The minimum Gasteiger partial charge on any atom is -0.344 e. The van der Waals surface area contributed by atoms with Crippen LogP contribution in [0.15, 0.2) is 79.1 Å². The summed E-state index contributed by atoms with van der Waals surface area (Å²) in [5, 5.41) is 11.3. The Morgan fingerprint density at radius 1 is 1.00 bits per heavy atom. The molecule has 0 aliphatic rings. The highest BCUT2D eigenvalue weighted by atomic mass is 16.1. The molecule has 0 saturated heterocycles. The highest BCUT2D eigenvalue weighted by molar-refractivity contribution is 5.91. The Kier molecular flexibility index (Phi) is 5.14. The summed E-state index contributed by atoms with van der Waals surface area (Å²) in [4.78, 5) is 13.8. The third kappa shape index (κ3) is 4.39. The van der Waals surface area contributed by atoms with E-state index in [0.29, 0.717) is 6.54 Å². The highest BCUT2D eigenvalue weighted by Gasteiger charge is 2.14. The van der Waals surface area contributed by atoms with Crippen molar-refractivity contribution in [3.05, 3.63) is 90.3 Å². The van der Waals surface area contributed by atoms with Crippen LogP contribution in [0.2, 0.25) is 0 Å². The van der Waals surface area contributed by atoms with E-state index in [1.807, 2.05) is 60.7 Å². The van der Waals surface area contributed by atoms with Gasteiger partial charge in [0, 0.05) is 6.08 Å². The number of amides is 1. The normalized spacial score (nSPS) is 12.2. The smallest absolute Gasteiger partial charge is 0.244 e. The first-order valence-electron chi connectivity index (χ1n) is 7.74. The number of aromatic nitrogens is 3. The Bertz CT molecular complexity index is 783. The second kappa shape index (κ2) is 7.87. The molecular weight excluding hydrogens is 300 g/mol. The van der Waals surface area contributed by atoms with Crippen LogP contribution in [0.25, 0.3) is 6.08 Å². The van der Waals surface area contributed by atoms with Crippen LogP contribution in [-0.2, 0) is 11.3 Å². The van der Waals surface area contributed by atoms with Gasteiger partial charge in [0.25, 0.3) is 0 Å². The Hall–Kier alpha value is -3.21. The quantitative estimate of drug-likeness (QED) is 0.711. The fourth-order valence-electron chi connectivity index (χ4n) is 2.38. The average Bonchev–Trinajstić information content (AvgIpc) is 3.14. The lowest BCUT2D eigenvalue weighted by atomic mass is 10.1. The lowest BCUT2D eigenvalue weighted by Crippen LogP contribution is -2.30. The van der Waals surface area contributed by atoms with Crippen LogP contribution in [-0.4, -0.2) is 20.9 Å². The van der Waals surface area contributed by atoms with Gasteiger partial charge in [0.15, 0.2) is 0 Å². The first kappa shape index (κ1) is 15.7. The molecule has 0 spiro atoms. The van der Waals surface area contributed by atoms with E-state index >= 15 is 0 Å². The fourth-order valence-corrected chi connectivity index (χ4v) is 2.38. The van der Waals surface area contributed by atoms with Crippen molar-refractivity contribution in [1.29, 1.82) is 0 Å². The number of hydrogen-bond donors (Lipinski definition) is 1. The number of nitrogens with zero attached hydrogens (tertiary/aromatic N) is 3. The van der Waals surface area contributed by atoms with Crippen LogP contribution < -0.4 is 5.32 Å². The van der Waals surface area contributed by atoms with Gasteiger partial charge in [-0.15, -0.1) is 0 Å². The third-order valence-corrected chi connectivity index (χ3v) is 3.56. The summed E-state index contributed by atoms with van der Waals surface area (Å²) in [6.07, 6.45) is 6.59. The molecule has 0 radical (unpaired) electrons. The van der Waals surface area contributed by atoms with Gasteiger partial charge in [0.2, 0.25) is 5.91 Å². The van der Waals surface area contributed by atoms with E-state index in [2.05, 4.69) is 15.5 Å². The van der Waals surface area contributed by atoms with Crippen LogP contribution >= 0.6 is 0 Å². The Balaban J connectivity index is 1.71. The maximum absolute atomic E-state index is 12.3. The summed E-state index contributed by atoms with van der Waals surface area (Å²) in [5.74, 6) is -0.153. The van der Waals surface area contributed by atoms with Crippen LogP contribution in [0.1, 0.15) is 17.2 Å². The van der Waals surface area contributed by atoms with Gasteiger partial charge in [0.1, 0.15) is 0 Å². The highest BCUT2D eigenvalue weighted by Crippen LogP contribution is 2.14. The van der Waals surface area contributed by atoms with E-state index in [4.69, 9.17) is 0 Å². The molecule has 0 aliphatic heterocycles. The van der Waals surface area contributed by atoms with Crippen molar-refractivity contribution >= 4 is 12.0 Å². The molecule has 5 nitrogen and oxygen atoms in total. The molecule has 0 aliphatic carbocycles. The van der Waals surface area contributed by atoms with Crippen LogP contribution in [0.4, 0.5) is 0 Å². The molecular formula is C19H18N4O. The number of benzene rings is 2. The van der Waals surface area contributed by atoms with E-state index in [-0.39, 0.29) is 11.9 Å². The zero-order valence-corrected chi connectivity index (χ0v) is 13.1. The molecule has 0 fully saturated rings. The molecule has 1 aromatic heterocycles. The van der Waals surface area contributed by atoms with Gasteiger partial charge < -0.3 is 5.32 Å². The minimum atomic E-state index is -0.202. The Labute approximate surface area is 140 Å². The van der Waals surface area contributed by atoms with Crippen molar-refractivity contribution in [2.75, 3.05) is 0 Å². The van der Waals surface area contributed by atoms with Crippen molar-refractivity contribution in [2.45, 2.75) is 12.6 Å². The molecule has 0 unspecified atom stereocenters. The second-order valence-corrected chi connectivity index (χ2v) is 5.30. The lowest BCUT2D eigenvalue weighted by molar-refractivity contribution is -0.117. The standard InChI is InChI=1S/C19H18N4O/c24-19(12-11-16-7-3-1-4-8-16)22-18(15-23-20-13-14-21-23)17-9-5-2-6-10-17/h1-14,18H,15H2,(H,22,24)/b12-11+/t18-/m1/s1. The molecule has 1 N–H and O–H groups in total. The third-order valence-electron chi connectivity index (χ3n) is 3.56. The van der Waals surface area contributed by atoms with E-state index in [1.165, 1.54) is 0 Å². The molecule has 1 amide bonds. The second-order valence-electron chi connectivity index (χ2n) is 5.30. The predicted molar refractivity (Wildman–Crippen MR) is 92.8 cm³/mol. The van der Waals surface area contributed by atoms with Crippen molar-refractivity contribution in [3.63, 3.8) is 0 Å². The largest absolute Gasteiger partial charge is 0.344 e. The molecule has 5 heteroatoms. The van der Waals surface area contributed by atoms with Crippen LogP contribution in [0.3, 0.4) is 0 Å². The van der Waals surface area contributed by atoms with Gasteiger partial charge in [-0.3, -0.25) is 4.79 Å². The minimum absolute atomic E-state index is 0.153. The molecule has 24 heavy (non-hydrogen) atoms. The molecule has 120 valence electrons. The van der Waals surface area contributed by atoms with Crippen LogP contribution in [0, 0.1) is 0 Å². The number of rotatable bonds is 6. The first-order valence-corrected chi connectivity index (χ1v) is 7.74. The molecule has 0 bridgehead atoms. The van der Waals surface area contributed by atoms with Gasteiger partial charge in [-0.05, 0) is 17.2 Å². The number of hydrogen-bond acceptors (Lipinski definition) is 3. The molecule has 0 saturated carbocycles. The topological polar surface area (TPSA) is 59.8 Å². The lowest BCUT2D eigenvalue weighted by Gasteiger charge is -2.17. The summed E-state index contributed by atoms with van der Waals surface area (Å²) in [7, 11) is 0. The molecule has 2 aromatic carbocycles. The zero-order chi connectivity index (χ0) is 16.6. The van der Waals surface area contributed by atoms with Gasteiger partial charge in [0.05, 0.1) is 25.0 Å². The number of nitrogens with one attached hydrogen (secondary N) is 1. The Morgan fingerprint density at radius 2 is 1.62 bits per heavy atom. The summed E-state index contributed by atoms with van der Waals surface area (Å²) in [5.41, 5.74) is 1.99. The van der Waals surface area contributed by atoms with Crippen LogP contribution in [0.5, 0.6) is 0 Å². The van der Waals surface area contributed by atoms with Gasteiger partial charge >= 0.3 is 0 Å². The van der Waals surface area contributed by atoms with E-state index in [0.717, 1.165) is 11.1 Å². The van der Waals surface area contributed by atoms with Crippen molar-refractivity contribution in [2.24, 2.45) is 0 Å². The number of carbonyl (C=O) groups excluding carboxylic acids is 1. The average molecular weight is 318 g/mol. The fraction of sp³-hybridized carbons (Fsp3) is 0.105. The molecule has 3 rings (SSSR count). The molecule has 1 atom stereocenters. The molecule has 1 heterocycles. The van der Waals surface area contributed by atoms with Gasteiger partial charge in [-0.1, -0.05) is 60.7 Å². The van der Waals surface area contributed by atoms with Gasteiger partial charge in [-0.2, -0.15) is 15.0 Å². The predicted octanol–water partition coefficient (Wildman–Crippen LogP) is 2.85. The summed E-state index contributed by atoms with van der Waals surface area (Å²) in [6, 6.07) is 19.3. The summed E-state index contributed by atoms with van der Waals surface area (Å²) >= 11 is 0. The monoisotopic (exact) mass is 318 g/mol. The number of carbonyl (C=O) groups is 1. The maximum atomic E-state index is 12.3. The summed E-state index contributed by atoms with van der Waals surface area (Å²) < 4.78 is 0. The molecule has 3 aromatic rings. The van der Waals surface area contributed by atoms with E-state index in [9.17, 15) is 4.79 Å². The zero-order valence-electron chi connectivity index (χ0n) is 13.1. The van der Waals surface area contributed by atoms with Crippen molar-refractivity contribution in [1.82, 2.24) is 20.3 Å². The van der Waals surface area contributed by atoms with E-state index < -0.39 is 0 Å². The van der Waals surface area contributed by atoms with E-state index in [1.54, 1.807) is 29.3 Å². The van der Waals surface area contributed by atoms with Gasteiger partial charge in [-0.25, -0.2) is 0 Å². The maximum Gasteiger partial charge on any atom is 0.244 e. The summed E-state index contributed by atoms with van der Waals surface area (Å²) in [6.45, 7) is 0.474.